The summed E-state index contributed by atoms with van der Waals surface area (Å²) in [7, 11) is 1.25. The van der Waals surface area contributed by atoms with Crippen LogP contribution in [0.15, 0.2) is 36.7 Å². The summed E-state index contributed by atoms with van der Waals surface area (Å²) in [5.41, 5.74) is 0.532. The van der Waals surface area contributed by atoms with Crippen molar-refractivity contribution in [3.8, 4) is 0 Å². The van der Waals surface area contributed by atoms with Crippen molar-refractivity contribution < 1.29 is 19.1 Å². The van der Waals surface area contributed by atoms with Crippen LogP contribution in [0.1, 0.15) is 16.8 Å². The normalized spacial score (nSPS) is 13.5. The number of nitrogens with zero attached hydrogens (tertiary/aromatic N) is 4. The number of hydrogen-bond acceptors (Lipinski definition) is 7. The van der Waals surface area contributed by atoms with Crippen molar-refractivity contribution in [3.05, 3.63) is 47.2 Å². The van der Waals surface area contributed by atoms with Crippen LogP contribution in [0.4, 0.5) is 16.4 Å². The van der Waals surface area contributed by atoms with Crippen LogP contribution < -0.4 is 15.5 Å². The third-order valence-electron chi connectivity index (χ3n) is 4.72. The van der Waals surface area contributed by atoms with Crippen LogP contribution in [-0.4, -0.2) is 72.6 Å². The van der Waals surface area contributed by atoms with Gasteiger partial charge in [0.1, 0.15) is 0 Å². The van der Waals surface area contributed by atoms with Gasteiger partial charge >= 0.3 is 12.0 Å². The molecule has 1 aliphatic heterocycles. The molecule has 0 radical (unpaired) electrons. The molecule has 0 saturated carbocycles. The van der Waals surface area contributed by atoms with E-state index in [0.29, 0.717) is 37.8 Å². The molecule has 10 nitrogen and oxygen atoms in total. The number of ether oxygens (including phenoxy) is 1. The topological polar surface area (TPSA) is 117 Å². The Balaban J connectivity index is 1.41. The van der Waals surface area contributed by atoms with Crippen LogP contribution in [0.3, 0.4) is 0 Å². The first-order valence-corrected chi connectivity index (χ1v) is 10.1. The van der Waals surface area contributed by atoms with Crippen molar-refractivity contribution in [2.75, 3.05) is 50.1 Å². The number of aromatic nitrogens is 2. The zero-order chi connectivity index (χ0) is 22.2. The molecule has 0 bridgehead atoms. The Morgan fingerprint density at radius 2 is 1.84 bits per heavy atom. The number of carbonyl (C=O) groups is 3. The van der Waals surface area contributed by atoms with Gasteiger partial charge in [0, 0.05) is 57.2 Å². The second-order valence-electron chi connectivity index (χ2n) is 6.73. The Bertz CT molecular complexity index is 935. The number of hydrogen-bond donors (Lipinski definition) is 2. The smallest absolute Gasteiger partial charge is 0.339 e. The monoisotopic (exact) mass is 446 g/mol. The predicted octanol–water partition coefficient (Wildman–Crippen LogP) is 1.78. The molecule has 1 fully saturated rings. The predicted molar refractivity (Wildman–Crippen MR) is 115 cm³/mol. The van der Waals surface area contributed by atoms with Gasteiger partial charge in [-0.05, 0) is 24.3 Å². The van der Waals surface area contributed by atoms with E-state index in [2.05, 4.69) is 25.3 Å². The fourth-order valence-electron chi connectivity index (χ4n) is 3.10. The third-order valence-corrected chi connectivity index (χ3v) is 5.05. The fraction of sp³-hybridized carbons (Fsp3) is 0.350. The highest BCUT2D eigenvalue weighted by atomic mass is 35.5. The van der Waals surface area contributed by atoms with Crippen LogP contribution >= 0.6 is 11.6 Å². The molecule has 2 heterocycles. The molecule has 0 aliphatic carbocycles. The average molecular weight is 447 g/mol. The average Bonchev–Trinajstić information content (AvgIpc) is 2.80. The maximum absolute atomic E-state index is 12.4. The van der Waals surface area contributed by atoms with Gasteiger partial charge in [-0.1, -0.05) is 11.6 Å². The van der Waals surface area contributed by atoms with E-state index in [-0.39, 0.29) is 29.5 Å². The lowest BCUT2D eigenvalue weighted by molar-refractivity contribution is -0.131. The largest absolute Gasteiger partial charge is 0.465 e. The number of esters is 1. The lowest BCUT2D eigenvalue weighted by atomic mass is 10.2. The second-order valence-corrected chi connectivity index (χ2v) is 7.14. The van der Waals surface area contributed by atoms with Gasteiger partial charge in [0.15, 0.2) is 0 Å². The summed E-state index contributed by atoms with van der Waals surface area (Å²) in [5, 5.41) is 5.46. The number of amides is 3. The maximum atomic E-state index is 12.4. The molecule has 3 amide bonds. The van der Waals surface area contributed by atoms with Gasteiger partial charge in [-0.2, -0.15) is 0 Å². The zero-order valence-corrected chi connectivity index (χ0v) is 17.8. The minimum Gasteiger partial charge on any atom is -0.465 e. The van der Waals surface area contributed by atoms with E-state index in [1.54, 1.807) is 29.4 Å². The molecule has 11 heteroatoms. The SMILES string of the molecule is COC(=O)c1cc(NC(=O)NCCC(=O)N2CCN(c3ncccn3)CC2)ccc1Cl. The first kappa shape index (κ1) is 22.3. The van der Waals surface area contributed by atoms with Crippen molar-refractivity contribution in [1.82, 2.24) is 20.2 Å². The van der Waals surface area contributed by atoms with Crippen molar-refractivity contribution in [1.29, 1.82) is 0 Å². The lowest BCUT2D eigenvalue weighted by Crippen LogP contribution is -2.49. The molecule has 1 aromatic heterocycles. The number of rotatable bonds is 6. The molecule has 31 heavy (non-hydrogen) atoms. The molecule has 0 atom stereocenters. The fourth-order valence-corrected chi connectivity index (χ4v) is 3.29. The number of methoxy groups -OCH3 is 1. The van der Waals surface area contributed by atoms with Gasteiger partial charge in [0.05, 0.1) is 17.7 Å². The summed E-state index contributed by atoms with van der Waals surface area (Å²) >= 11 is 5.96. The summed E-state index contributed by atoms with van der Waals surface area (Å²) < 4.78 is 4.65. The summed E-state index contributed by atoms with van der Waals surface area (Å²) in [5.74, 6) is 0.0254. The zero-order valence-electron chi connectivity index (χ0n) is 17.0. The standard InChI is InChI=1S/C20H23ClN6O4/c1-31-18(29)15-13-14(3-4-16(15)21)25-20(30)24-8-5-17(28)26-9-11-27(12-10-26)19-22-6-2-7-23-19/h2-4,6-7,13H,5,8-12H2,1H3,(H2,24,25,30). The van der Waals surface area contributed by atoms with Gasteiger partial charge in [-0.25, -0.2) is 19.6 Å². The van der Waals surface area contributed by atoms with E-state index in [0.717, 1.165) is 0 Å². The van der Waals surface area contributed by atoms with Crippen LogP contribution in [0.25, 0.3) is 0 Å². The first-order chi connectivity index (χ1) is 15.0. The Labute approximate surface area is 184 Å². The van der Waals surface area contributed by atoms with Crippen LogP contribution in [0, 0.1) is 0 Å². The highest BCUT2D eigenvalue weighted by molar-refractivity contribution is 6.33. The molecule has 1 aromatic carbocycles. The summed E-state index contributed by atoms with van der Waals surface area (Å²) in [4.78, 5) is 48.4. The highest BCUT2D eigenvalue weighted by Gasteiger charge is 2.22. The second kappa shape index (κ2) is 10.6. The molecule has 0 unspecified atom stereocenters. The summed E-state index contributed by atoms with van der Waals surface area (Å²) in [6.07, 6.45) is 3.57. The lowest BCUT2D eigenvalue weighted by Gasteiger charge is -2.34. The van der Waals surface area contributed by atoms with E-state index in [4.69, 9.17) is 11.6 Å². The Morgan fingerprint density at radius 3 is 2.52 bits per heavy atom. The van der Waals surface area contributed by atoms with Crippen molar-refractivity contribution >= 4 is 41.1 Å². The molecule has 1 saturated heterocycles. The Kier molecular flexibility index (Phi) is 7.60. The number of carbonyl (C=O) groups excluding carboxylic acids is 3. The van der Waals surface area contributed by atoms with Gasteiger partial charge < -0.3 is 25.2 Å². The number of benzene rings is 1. The summed E-state index contributed by atoms with van der Waals surface area (Å²) in [6.45, 7) is 2.64. The van der Waals surface area contributed by atoms with Crippen LogP contribution in [0.2, 0.25) is 5.02 Å². The van der Waals surface area contributed by atoms with Gasteiger partial charge in [-0.15, -0.1) is 0 Å². The van der Waals surface area contributed by atoms with E-state index >= 15 is 0 Å². The number of nitrogens with one attached hydrogen (secondary N) is 2. The Morgan fingerprint density at radius 1 is 1.13 bits per heavy atom. The minimum absolute atomic E-state index is 0.0339. The molecular formula is C20H23ClN6O4. The molecule has 2 aromatic rings. The molecule has 164 valence electrons. The number of anilines is 2. The van der Waals surface area contributed by atoms with Crippen molar-refractivity contribution in [2.45, 2.75) is 6.42 Å². The highest BCUT2D eigenvalue weighted by Crippen LogP contribution is 2.21. The molecule has 0 spiro atoms. The Hall–Kier alpha value is -3.40. The number of urea groups is 1. The quantitative estimate of drug-likeness (QED) is 0.649. The van der Waals surface area contributed by atoms with E-state index in [9.17, 15) is 14.4 Å². The van der Waals surface area contributed by atoms with E-state index in [1.807, 2.05) is 4.90 Å². The summed E-state index contributed by atoms with van der Waals surface area (Å²) in [6, 6.07) is 5.76. The van der Waals surface area contributed by atoms with E-state index in [1.165, 1.54) is 19.2 Å². The van der Waals surface area contributed by atoms with Gasteiger partial charge in [-0.3, -0.25) is 4.79 Å². The maximum Gasteiger partial charge on any atom is 0.339 e. The van der Waals surface area contributed by atoms with Crippen molar-refractivity contribution in [3.63, 3.8) is 0 Å². The molecule has 3 rings (SSSR count). The van der Waals surface area contributed by atoms with E-state index < -0.39 is 12.0 Å². The van der Waals surface area contributed by atoms with Gasteiger partial charge in [0.2, 0.25) is 11.9 Å². The first-order valence-electron chi connectivity index (χ1n) is 9.70. The number of piperazine rings is 1. The van der Waals surface area contributed by atoms with Crippen LogP contribution in [-0.2, 0) is 9.53 Å². The minimum atomic E-state index is -0.599. The molecular weight excluding hydrogens is 424 g/mol. The molecule has 2 N–H and O–H groups in total. The van der Waals surface area contributed by atoms with Crippen molar-refractivity contribution in [2.24, 2.45) is 0 Å². The van der Waals surface area contributed by atoms with Gasteiger partial charge in [0.25, 0.3) is 0 Å². The third kappa shape index (κ3) is 6.05. The molecule has 1 aliphatic rings. The number of halogens is 1. The van der Waals surface area contributed by atoms with Crippen LogP contribution in [0.5, 0.6) is 0 Å².